The van der Waals surface area contributed by atoms with Crippen LogP contribution < -0.4 is 0 Å². The lowest BCUT2D eigenvalue weighted by Crippen LogP contribution is -2.40. The minimum Gasteiger partial charge on any atom is -0.335 e. The molecule has 3 rings (SSSR count). The Morgan fingerprint density at radius 1 is 1.18 bits per heavy atom. The number of carbonyl (C=O) groups is 1. The molecule has 1 saturated carbocycles. The maximum atomic E-state index is 13.0. The lowest BCUT2D eigenvalue weighted by molar-refractivity contribution is 0.0688. The highest BCUT2D eigenvalue weighted by molar-refractivity contribution is 7.12. The predicted octanol–water partition coefficient (Wildman–Crippen LogP) is 4.68. The molecule has 0 unspecified atom stereocenters. The molecule has 0 saturated heterocycles. The Hall–Kier alpha value is -1.61. The molecule has 1 aliphatic carbocycles. The van der Waals surface area contributed by atoms with Crippen LogP contribution in [-0.2, 0) is 6.42 Å². The van der Waals surface area contributed by atoms with Crippen LogP contribution in [0, 0.1) is 6.92 Å². The molecule has 3 heteroatoms. The predicted molar refractivity (Wildman–Crippen MR) is 92.5 cm³/mol. The van der Waals surface area contributed by atoms with Crippen molar-refractivity contribution in [3.63, 3.8) is 0 Å². The standard InChI is InChI=1S/C19H23NOS/c1-15-12-14-22-18(15)19(21)20(17-9-5-6-10-17)13-11-16-7-3-2-4-8-16/h2-4,7-8,12,14,17H,5-6,9-11,13H2,1H3. The Balaban J connectivity index is 1.75. The van der Waals surface area contributed by atoms with E-state index in [1.165, 1.54) is 18.4 Å². The van der Waals surface area contributed by atoms with E-state index >= 15 is 0 Å². The summed E-state index contributed by atoms with van der Waals surface area (Å²) in [5, 5.41) is 2.02. The molecule has 2 aromatic rings. The number of carbonyl (C=O) groups excluding carboxylic acids is 1. The van der Waals surface area contributed by atoms with E-state index in [9.17, 15) is 4.79 Å². The largest absolute Gasteiger partial charge is 0.335 e. The SMILES string of the molecule is Cc1ccsc1C(=O)N(CCc1ccccc1)C1CCCC1. The highest BCUT2D eigenvalue weighted by Crippen LogP contribution is 2.27. The van der Waals surface area contributed by atoms with Gasteiger partial charge >= 0.3 is 0 Å². The molecule has 0 N–H and O–H groups in total. The van der Waals surface area contributed by atoms with Gasteiger partial charge in [-0.25, -0.2) is 0 Å². The molecule has 1 aromatic heterocycles. The average Bonchev–Trinajstić information content (AvgIpc) is 3.20. The quantitative estimate of drug-likeness (QED) is 0.784. The summed E-state index contributed by atoms with van der Waals surface area (Å²) in [6, 6.07) is 12.9. The van der Waals surface area contributed by atoms with Gasteiger partial charge in [0, 0.05) is 12.6 Å². The maximum Gasteiger partial charge on any atom is 0.264 e. The number of rotatable bonds is 5. The first-order chi connectivity index (χ1) is 10.8. The Kier molecular flexibility index (Phi) is 4.94. The summed E-state index contributed by atoms with van der Waals surface area (Å²) >= 11 is 1.58. The van der Waals surface area contributed by atoms with E-state index in [1.807, 2.05) is 24.4 Å². The number of thiophene rings is 1. The topological polar surface area (TPSA) is 20.3 Å². The number of benzene rings is 1. The van der Waals surface area contributed by atoms with Crippen molar-refractivity contribution in [3.05, 3.63) is 57.8 Å². The van der Waals surface area contributed by atoms with Gasteiger partial charge in [-0.2, -0.15) is 0 Å². The van der Waals surface area contributed by atoms with Gasteiger partial charge in [0.1, 0.15) is 0 Å². The first-order valence-electron chi connectivity index (χ1n) is 8.14. The summed E-state index contributed by atoms with van der Waals surface area (Å²) in [4.78, 5) is 16.0. The number of amides is 1. The van der Waals surface area contributed by atoms with Crippen LogP contribution in [0.3, 0.4) is 0 Å². The van der Waals surface area contributed by atoms with Crippen molar-refractivity contribution in [2.24, 2.45) is 0 Å². The third kappa shape index (κ3) is 3.41. The van der Waals surface area contributed by atoms with E-state index in [2.05, 4.69) is 29.2 Å². The zero-order valence-electron chi connectivity index (χ0n) is 13.1. The van der Waals surface area contributed by atoms with Crippen LogP contribution in [0.15, 0.2) is 41.8 Å². The summed E-state index contributed by atoms with van der Waals surface area (Å²) in [6.45, 7) is 2.86. The first kappa shape index (κ1) is 15.3. The summed E-state index contributed by atoms with van der Waals surface area (Å²) < 4.78 is 0. The monoisotopic (exact) mass is 313 g/mol. The van der Waals surface area contributed by atoms with Crippen LogP contribution in [0.4, 0.5) is 0 Å². The number of hydrogen-bond donors (Lipinski definition) is 0. The van der Waals surface area contributed by atoms with Crippen LogP contribution in [0.5, 0.6) is 0 Å². The van der Waals surface area contributed by atoms with Crippen LogP contribution in [0.2, 0.25) is 0 Å². The van der Waals surface area contributed by atoms with Gasteiger partial charge in [0.2, 0.25) is 0 Å². The molecule has 0 atom stereocenters. The Labute approximate surface area is 136 Å². The number of aryl methyl sites for hydroxylation is 1. The summed E-state index contributed by atoms with van der Waals surface area (Å²) in [6.07, 6.45) is 5.76. The normalized spacial score (nSPS) is 15.1. The van der Waals surface area contributed by atoms with Crippen molar-refractivity contribution in [2.45, 2.75) is 45.1 Å². The zero-order valence-corrected chi connectivity index (χ0v) is 13.9. The van der Waals surface area contributed by atoms with Gasteiger partial charge in [-0.05, 0) is 48.8 Å². The van der Waals surface area contributed by atoms with E-state index in [-0.39, 0.29) is 5.91 Å². The molecular formula is C19H23NOS. The van der Waals surface area contributed by atoms with Crippen molar-refractivity contribution in [1.82, 2.24) is 4.90 Å². The average molecular weight is 313 g/mol. The van der Waals surface area contributed by atoms with Crippen LogP contribution >= 0.6 is 11.3 Å². The number of nitrogens with zero attached hydrogens (tertiary/aromatic N) is 1. The van der Waals surface area contributed by atoms with Crippen molar-refractivity contribution >= 4 is 17.2 Å². The minimum atomic E-state index is 0.232. The van der Waals surface area contributed by atoms with Gasteiger partial charge in [-0.1, -0.05) is 43.2 Å². The smallest absolute Gasteiger partial charge is 0.264 e. The molecule has 1 fully saturated rings. The Bertz CT molecular complexity index is 613. The fraction of sp³-hybridized carbons (Fsp3) is 0.421. The third-order valence-electron chi connectivity index (χ3n) is 4.57. The van der Waals surface area contributed by atoms with E-state index in [4.69, 9.17) is 0 Å². The Morgan fingerprint density at radius 3 is 2.55 bits per heavy atom. The minimum absolute atomic E-state index is 0.232. The molecule has 1 amide bonds. The summed E-state index contributed by atoms with van der Waals surface area (Å²) in [7, 11) is 0. The molecule has 0 bridgehead atoms. The van der Waals surface area contributed by atoms with E-state index in [1.54, 1.807) is 11.3 Å². The molecule has 1 heterocycles. The molecule has 0 radical (unpaired) electrons. The van der Waals surface area contributed by atoms with E-state index in [0.29, 0.717) is 6.04 Å². The molecule has 22 heavy (non-hydrogen) atoms. The molecule has 0 spiro atoms. The van der Waals surface area contributed by atoms with Gasteiger partial charge in [0.15, 0.2) is 0 Å². The van der Waals surface area contributed by atoms with Gasteiger partial charge in [-0.15, -0.1) is 11.3 Å². The fourth-order valence-corrected chi connectivity index (χ4v) is 4.16. The van der Waals surface area contributed by atoms with Crippen LogP contribution in [-0.4, -0.2) is 23.4 Å². The maximum absolute atomic E-state index is 13.0. The second-order valence-corrected chi connectivity index (χ2v) is 7.02. The van der Waals surface area contributed by atoms with Gasteiger partial charge in [-0.3, -0.25) is 4.79 Å². The molecule has 1 aliphatic rings. The van der Waals surface area contributed by atoms with Crippen molar-refractivity contribution in [3.8, 4) is 0 Å². The van der Waals surface area contributed by atoms with E-state index < -0.39 is 0 Å². The van der Waals surface area contributed by atoms with Crippen molar-refractivity contribution < 1.29 is 4.79 Å². The lowest BCUT2D eigenvalue weighted by Gasteiger charge is -2.29. The molecule has 1 aromatic carbocycles. The highest BCUT2D eigenvalue weighted by Gasteiger charge is 2.28. The Morgan fingerprint density at radius 2 is 1.91 bits per heavy atom. The molecule has 0 aliphatic heterocycles. The van der Waals surface area contributed by atoms with Crippen molar-refractivity contribution in [1.29, 1.82) is 0 Å². The number of hydrogen-bond acceptors (Lipinski definition) is 2. The first-order valence-corrected chi connectivity index (χ1v) is 9.02. The second kappa shape index (κ2) is 7.10. The molecular weight excluding hydrogens is 290 g/mol. The zero-order chi connectivity index (χ0) is 15.4. The van der Waals surface area contributed by atoms with E-state index in [0.717, 1.165) is 36.2 Å². The van der Waals surface area contributed by atoms with Crippen LogP contribution in [0.1, 0.15) is 46.5 Å². The fourth-order valence-electron chi connectivity index (χ4n) is 3.28. The van der Waals surface area contributed by atoms with Crippen molar-refractivity contribution in [2.75, 3.05) is 6.54 Å². The second-order valence-electron chi connectivity index (χ2n) is 6.11. The van der Waals surface area contributed by atoms with Gasteiger partial charge in [0.25, 0.3) is 5.91 Å². The molecule has 116 valence electrons. The lowest BCUT2D eigenvalue weighted by atomic mass is 10.1. The third-order valence-corrected chi connectivity index (χ3v) is 5.57. The highest BCUT2D eigenvalue weighted by atomic mass is 32.1. The van der Waals surface area contributed by atoms with Gasteiger partial charge < -0.3 is 4.90 Å². The van der Waals surface area contributed by atoms with Gasteiger partial charge in [0.05, 0.1) is 4.88 Å². The van der Waals surface area contributed by atoms with Crippen LogP contribution in [0.25, 0.3) is 0 Å². The summed E-state index contributed by atoms with van der Waals surface area (Å²) in [5.74, 6) is 0.232. The summed E-state index contributed by atoms with van der Waals surface area (Å²) in [5.41, 5.74) is 2.42. The molecule has 2 nitrogen and oxygen atoms in total.